The molecule has 0 aliphatic carbocycles. The maximum absolute atomic E-state index is 4.72. The van der Waals surface area contributed by atoms with E-state index in [4.69, 9.17) is 4.99 Å². The van der Waals surface area contributed by atoms with E-state index in [-0.39, 0.29) is 0 Å². The molecule has 21 heavy (non-hydrogen) atoms. The topological polar surface area (TPSA) is 60.9 Å². The summed E-state index contributed by atoms with van der Waals surface area (Å²) in [6, 6.07) is 10.1. The minimum atomic E-state index is 0.505. The third-order valence-corrected chi connectivity index (χ3v) is 3.59. The molecule has 0 amide bonds. The van der Waals surface area contributed by atoms with Crippen molar-refractivity contribution in [2.75, 3.05) is 0 Å². The minimum absolute atomic E-state index is 0.505. The Morgan fingerprint density at radius 2 is 1.90 bits per heavy atom. The van der Waals surface area contributed by atoms with Crippen LogP contribution >= 0.6 is 0 Å². The Morgan fingerprint density at radius 1 is 1.10 bits per heavy atom. The van der Waals surface area contributed by atoms with Gasteiger partial charge in [-0.15, -0.1) is 10.2 Å². The summed E-state index contributed by atoms with van der Waals surface area (Å²) >= 11 is 0. The lowest BCUT2D eigenvalue weighted by molar-refractivity contribution is 0.761. The van der Waals surface area contributed by atoms with Crippen LogP contribution in [0, 0.1) is 6.92 Å². The number of aliphatic imine (C=N–C) groups is 1. The van der Waals surface area contributed by atoms with Crippen LogP contribution in [0.1, 0.15) is 22.9 Å². The SMILES string of the molecule is Cc1nnc2n1-c1cn(C)nc1C(c1ccccc1)=NC2. The first-order chi connectivity index (χ1) is 10.2. The number of rotatable bonds is 1. The molecule has 0 fully saturated rings. The molecule has 4 rings (SSSR count). The van der Waals surface area contributed by atoms with E-state index in [1.54, 1.807) is 4.68 Å². The van der Waals surface area contributed by atoms with Crippen molar-refractivity contribution in [3.63, 3.8) is 0 Å². The van der Waals surface area contributed by atoms with Crippen molar-refractivity contribution in [3.05, 3.63) is 59.4 Å². The maximum Gasteiger partial charge on any atom is 0.159 e. The summed E-state index contributed by atoms with van der Waals surface area (Å²) in [5.41, 5.74) is 3.81. The van der Waals surface area contributed by atoms with Gasteiger partial charge in [0.25, 0.3) is 0 Å². The van der Waals surface area contributed by atoms with Gasteiger partial charge in [0.15, 0.2) is 5.82 Å². The Bertz CT molecular complexity index is 840. The van der Waals surface area contributed by atoms with Gasteiger partial charge in [-0.3, -0.25) is 14.2 Å². The minimum Gasteiger partial charge on any atom is -0.278 e. The molecule has 0 saturated heterocycles. The lowest BCUT2D eigenvalue weighted by Crippen LogP contribution is -2.07. The van der Waals surface area contributed by atoms with E-state index in [2.05, 4.69) is 27.4 Å². The lowest BCUT2D eigenvalue weighted by atomic mass is 10.1. The van der Waals surface area contributed by atoms with Gasteiger partial charge in [-0.25, -0.2) is 0 Å². The molecule has 0 radical (unpaired) electrons. The van der Waals surface area contributed by atoms with Gasteiger partial charge in [0.2, 0.25) is 0 Å². The normalized spacial score (nSPS) is 13.3. The van der Waals surface area contributed by atoms with Gasteiger partial charge in [0, 0.05) is 18.8 Å². The Morgan fingerprint density at radius 3 is 2.71 bits per heavy atom. The van der Waals surface area contributed by atoms with Crippen molar-refractivity contribution >= 4 is 5.71 Å². The van der Waals surface area contributed by atoms with E-state index in [0.717, 1.165) is 34.3 Å². The Kier molecular flexibility index (Phi) is 2.50. The Hall–Kier alpha value is -2.76. The molecule has 1 aromatic carbocycles. The van der Waals surface area contributed by atoms with Crippen molar-refractivity contribution in [1.82, 2.24) is 24.5 Å². The van der Waals surface area contributed by atoms with Gasteiger partial charge in [0.1, 0.15) is 18.1 Å². The number of hydrogen-bond donors (Lipinski definition) is 0. The molecule has 6 heteroatoms. The van der Waals surface area contributed by atoms with Crippen LogP contribution in [0.3, 0.4) is 0 Å². The van der Waals surface area contributed by atoms with Crippen LogP contribution in [0.25, 0.3) is 5.69 Å². The highest BCUT2D eigenvalue weighted by molar-refractivity contribution is 6.13. The zero-order valence-electron chi connectivity index (χ0n) is 11.9. The smallest absolute Gasteiger partial charge is 0.159 e. The van der Waals surface area contributed by atoms with Gasteiger partial charge in [-0.2, -0.15) is 5.10 Å². The molecule has 104 valence electrons. The monoisotopic (exact) mass is 278 g/mol. The molecule has 0 spiro atoms. The second-order valence-corrected chi connectivity index (χ2v) is 5.07. The Labute approximate surface area is 121 Å². The fourth-order valence-electron chi connectivity index (χ4n) is 2.68. The molecular formula is C15H14N6. The van der Waals surface area contributed by atoms with Crippen molar-refractivity contribution in [2.24, 2.45) is 12.0 Å². The molecular weight excluding hydrogens is 264 g/mol. The number of aromatic nitrogens is 5. The van der Waals surface area contributed by atoms with Gasteiger partial charge < -0.3 is 0 Å². The molecule has 1 aliphatic rings. The van der Waals surface area contributed by atoms with Crippen LogP contribution in [0.4, 0.5) is 0 Å². The first-order valence-electron chi connectivity index (χ1n) is 6.79. The quantitative estimate of drug-likeness (QED) is 0.680. The number of nitrogens with zero attached hydrogens (tertiary/aromatic N) is 6. The van der Waals surface area contributed by atoms with E-state index in [9.17, 15) is 0 Å². The molecule has 1 aliphatic heterocycles. The van der Waals surface area contributed by atoms with E-state index in [1.807, 2.05) is 42.9 Å². The van der Waals surface area contributed by atoms with Crippen LogP contribution in [0.5, 0.6) is 0 Å². The summed E-state index contributed by atoms with van der Waals surface area (Å²) in [6.45, 7) is 2.45. The second kappa shape index (κ2) is 4.37. The fourth-order valence-corrected chi connectivity index (χ4v) is 2.68. The number of benzene rings is 1. The zero-order valence-corrected chi connectivity index (χ0v) is 11.9. The summed E-state index contributed by atoms with van der Waals surface area (Å²) in [7, 11) is 1.91. The fraction of sp³-hybridized carbons (Fsp3) is 0.200. The highest BCUT2D eigenvalue weighted by atomic mass is 15.3. The largest absolute Gasteiger partial charge is 0.278 e. The molecule has 3 aromatic rings. The van der Waals surface area contributed by atoms with Crippen molar-refractivity contribution < 1.29 is 0 Å². The summed E-state index contributed by atoms with van der Waals surface area (Å²) in [5, 5.41) is 13.0. The molecule has 3 heterocycles. The van der Waals surface area contributed by atoms with Gasteiger partial charge >= 0.3 is 0 Å². The molecule has 0 N–H and O–H groups in total. The predicted molar refractivity (Wildman–Crippen MR) is 78.6 cm³/mol. The predicted octanol–water partition coefficient (Wildman–Crippen LogP) is 1.66. The molecule has 2 aromatic heterocycles. The average Bonchev–Trinajstić information content (AvgIpc) is 3.00. The highest BCUT2D eigenvalue weighted by Crippen LogP contribution is 2.24. The summed E-state index contributed by atoms with van der Waals surface area (Å²) in [4.78, 5) is 4.72. The van der Waals surface area contributed by atoms with E-state index in [1.165, 1.54) is 0 Å². The summed E-state index contributed by atoms with van der Waals surface area (Å²) in [6.07, 6.45) is 1.99. The number of aryl methyl sites for hydroxylation is 2. The first kappa shape index (κ1) is 12.0. The van der Waals surface area contributed by atoms with E-state index >= 15 is 0 Å². The summed E-state index contributed by atoms with van der Waals surface area (Å²) < 4.78 is 3.83. The van der Waals surface area contributed by atoms with Crippen LogP contribution < -0.4 is 0 Å². The standard InChI is InChI=1S/C15H14N6/c1-10-17-18-13-8-16-14(11-6-4-3-5-7-11)15-12(21(10)13)9-20(2)19-15/h3-7,9H,8H2,1-2H3. The van der Waals surface area contributed by atoms with Crippen LogP contribution in [0.15, 0.2) is 41.5 Å². The zero-order chi connectivity index (χ0) is 14.4. The molecule has 0 bridgehead atoms. The molecule has 6 nitrogen and oxygen atoms in total. The third kappa shape index (κ3) is 1.79. The second-order valence-electron chi connectivity index (χ2n) is 5.07. The van der Waals surface area contributed by atoms with Crippen molar-refractivity contribution in [1.29, 1.82) is 0 Å². The van der Waals surface area contributed by atoms with Crippen LogP contribution in [-0.4, -0.2) is 30.3 Å². The molecule has 0 saturated carbocycles. The van der Waals surface area contributed by atoms with E-state index in [0.29, 0.717) is 6.54 Å². The maximum atomic E-state index is 4.72. The number of hydrogen-bond acceptors (Lipinski definition) is 4. The summed E-state index contributed by atoms with van der Waals surface area (Å²) in [5.74, 6) is 1.69. The Balaban J connectivity index is 1.99. The van der Waals surface area contributed by atoms with Gasteiger partial charge in [-0.1, -0.05) is 30.3 Å². The number of fused-ring (bicyclic) bond motifs is 3. The highest BCUT2D eigenvalue weighted by Gasteiger charge is 2.24. The lowest BCUT2D eigenvalue weighted by Gasteiger charge is -2.05. The van der Waals surface area contributed by atoms with Gasteiger partial charge in [0.05, 0.1) is 11.4 Å². The van der Waals surface area contributed by atoms with Crippen molar-refractivity contribution in [3.8, 4) is 5.69 Å². The third-order valence-electron chi connectivity index (χ3n) is 3.59. The average molecular weight is 278 g/mol. The van der Waals surface area contributed by atoms with Gasteiger partial charge in [-0.05, 0) is 6.92 Å². The van der Waals surface area contributed by atoms with Crippen LogP contribution in [0.2, 0.25) is 0 Å². The first-order valence-corrected chi connectivity index (χ1v) is 6.79. The van der Waals surface area contributed by atoms with Crippen molar-refractivity contribution in [2.45, 2.75) is 13.5 Å². The molecule has 0 atom stereocenters. The molecule has 0 unspecified atom stereocenters. The van der Waals surface area contributed by atoms with Crippen LogP contribution in [-0.2, 0) is 13.6 Å². The van der Waals surface area contributed by atoms with E-state index < -0.39 is 0 Å².